The number of thiophene rings is 1. The van der Waals surface area contributed by atoms with Gasteiger partial charge in [0, 0.05) is 18.0 Å². The van der Waals surface area contributed by atoms with Crippen molar-refractivity contribution in [2.24, 2.45) is 0 Å². The van der Waals surface area contributed by atoms with Gasteiger partial charge in [-0.25, -0.2) is 0 Å². The van der Waals surface area contributed by atoms with E-state index in [0.717, 1.165) is 21.4 Å². The first-order chi connectivity index (χ1) is 9.83. The fourth-order valence-corrected chi connectivity index (χ4v) is 3.90. The maximum absolute atomic E-state index is 4.65. The standard InChI is InChI=1S/C13H9N5S2/c1-8-4-7-19-10(8)12-17-18-11(15-16-13(18)20-12)9-2-5-14-6-3-9/h2-7H,1H3. The molecule has 0 aliphatic heterocycles. The highest BCUT2D eigenvalue weighted by atomic mass is 32.1. The van der Waals surface area contributed by atoms with Crippen molar-refractivity contribution in [3.05, 3.63) is 41.5 Å². The molecule has 20 heavy (non-hydrogen) atoms. The third kappa shape index (κ3) is 1.75. The normalized spacial score (nSPS) is 11.2. The average molecular weight is 299 g/mol. The lowest BCUT2D eigenvalue weighted by Crippen LogP contribution is -1.90. The number of hydrogen-bond acceptors (Lipinski definition) is 6. The molecule has 0 radical (unpaired) electrons. The summed E-state index contributed by atoms with van der Waals surface area (Å²) >= 11 is 3.26. The minimum Gasteiger partial charge on any atom is -0.265 e. The van der Waals surface area contributed by atoms with Crippen LogP contribution in [0.4, 0.5) is 0 Å². The van der Waals surface area contributed by atoms with Crippen LogP contribution >= 0.6 is 22.7 Å². The zero-order chi connectivity index (χ0) is 13.5. The van der Waals surface area contributed by atoms with Crippen molar-refractivity contribution < 1.29 is 0 Å². The first-order valence-corrected chi connectivity index (χ1v) is 7.69. The van der Waals surface area contributed by atoms with Gasteiger partial charge in [0.1, 0.15) is 0 Å². The maximum atomic E-state index is 4.65. The molecule has 0 aromatic carbocycles. The van der Waals surface area contributed by atoms with Crippen molar-refractivity contribution >= 4 is 27.6 Å². The Morgan fingerprint density at radius 3 is 2.70 bits per heavy atom. The van der Waals surface area contributed by atoms with E-state index in [1.54, 1.807) is 39.6 Å². The summed E-state index contributed by atoms with van der Waals surface area (Å²) in [5.74, 6) is 0.749. The second-order valence-corrected chi connectivity index (χ2v) is 6.17. The summed E-state index contributed by atoms with van der Waals surface area (Å²) in [7, 11) is 0. The summed E-state index contributed by atoms with van der Waals surface area (Å²) in [6.07, 6.45) is 3.49. The van der Waals surface area contributed by atoms with Crippen molar-refractivity contribution in [1.29, 1.82) is 0 Å². The van der Waals surface area contributed by atoms with Gasteiger partial charge in [-0.1, -0.05) is 11.3 Å². The maximum Gasteiger partial charge on any atom is 0.235 e. The van der Waals surface area contributed by atoms with Crippen LogP contribution in [0.1, 0.15) is 5.56 Å². The van der Waals surface area contributed by atoms with Crippen molar-refractivity contribution in [3.63, 3.8) is 0 Å². The molecule has 0 saturated heterocycles. The molecule has 0 bridgehead atoms. The van der Waals surface area contributed by atoms with Crippen LogP contribution in [0.15, 0.2) is 36.0 Å². The van der Waals surface area contributed by atoms with Crippen molar-refractivity contribution in [1.82, 2.24) is 24.8 Å². The number of nitrogens with zero attached hydrogens (tertiary/aromatic N) is 5. The van der Waals surface area contributed by atoms with E-state index in [4.69, 9.17) is 0 Å². The van der Waals surface area contributed by atoms with Crippen LogP contribution in [-0.4, -0.2) is 24.8 Å². The van der Waals surface area contributed by atoms with E-state index >= 15 is 0 Å². The highest BCUT2D eigenvalue weighted by molar-refractivity contribution is 7.24. The van der Waals surface area contributed by atoms with Gasteiger partial charge < -0.3 is 0 Å². The topological polar surface area (TPSA) is 56.0 Å². The Kier molecular flexibility index (Phi) is 2.61. The second-order valence-electron chi connectivity index (χ2n) is 4.29. The molecular formula is C13H9N5S2. The van der Waals surface area contributed by atoms with Crippen LogP contribution in [-0.2, 0) is 0 Å². The van der Waals surface area contributed by atoms with Gasteiger partial charge in [-0.2, -0.15) is 9.61 Å². The van der Waals surface area contributed by atoms with Gasteiger partial charge in [0.25, 0.3) is 0 Å². The molecule has 7 heteroatoms. The molecule has 0 amide bonds. The van der Waals surface area contributed by atoms with E-state index in [-0.39, 0.29) is 0 Å². The average Bonchev–Trinajstić information content (AvgIpc) is 3.13. The molecule has 4 aromatic heterocycles. The van der Waals surface area contributed by atoms with Crippen LogP contribution in [0.25, 0.3) is 26.2 Å². The molecule has 0 spiro atoms. The Morgan fingerprint density at radius 2 is 1.95 bits per heavy atom. The zero-order valence-electron chi connectivity index (χ0n) is 10.5. The molecule has 0 unspecified atom stereocenters. The molecule has 98 valence electrons. The zero-order valence-corrected chi connectivity index (χ0v) is 12.1. The molecule has 0 fully saturated rings. The lowest BCUT2D eigenvalue weighted by atomic mass is 10.2. The van der Waals surface area contributed by atoms with Gasteiger partial charge in [0.2, 0.25) is 4.96 Å². The molecule has 0 saturated carbocycles. The SMILES string of the molecule is Cc1ccsc1-c1nn2c(-c3ccncc3)nnc2s1. The number of rotatable bonds is 2. The van der Waals surface area contributed by atoms with E-state index in [1.807, 2.05) is 12.1 Å². The number of hydrogen-bond donors (Lipinski definition) is 0. The third-order valence-electron chi connectivity index (χ3n) is 2.99. The van der Waals surface area contributed by atoms with Gasteiger partial charge in [0.15, 0.2) is 10.8 Å². The summed E-state index contributed by atoms with van der Waals surface area (Å²) in [4.78, 5) is 6.02. The molecule has 4 aromatic rings. The van der Waals surface area contributed by atoms with E-state index in [0.29, 0.717) is 0 Å². The fraction of sp³-hybridized carbons (Fsp3) is 0.0769. The van der Waals surface area contributed by atoms with Crippen LogP contribution in [0.2, 0.25) is 0 Å². The van der Waals surface area contributed by atoms with Gasteiger partial charge in [-0.05, 0) is 36.1 Å². The Labute approximate surface area is 122 Å². The van der Waals surface area contributed by atoms with Gasteiger partial charge in [-0.15, -0.1) is 21.5 Å². The van der Waals surface area contributed by atoms with Crippen molar-refractivity contribution in [2.75, 3.05) is 0 Å². The number of aromatic nitrogens is 5. The first kappa shape index (κ1) is 11.7. The Hall–Kier alpha value is -2.12. The summed E-state index contributed by atoms with van der Waals surface area (Å²) in [6.45, 7) is 2.10. The molecule has 0 N–H and O–H groups in total. The monoisotopic (exact) mass is 299 g/mol. The molecule has 5 nitrogen and oxygen atoms in total. The molecule has 4 heterocycles. The third-order valence-corrected chi connectivity index (χ3v) is 5.05. The predicted molar refractivity (Wildman–Crippen MR) is 79.9 cm³/mol. The van der Waals surface area contributed by atoms with Gasteiger partial charge in [-0.3, -0.25) is 4.98 Å². The number of fused-ring (bicyclic) bond motifs is 1. The Morgan fingerprint density at radius 1 is 1.10 bits per heavy atom. The Bertz CT molecular complexity index is 875. The highest BCUT2D eigenvalue weighted by Gasteiger charge is 2.15. The van der Waals surface area contributed by atoms with Crippen LogP contribution < -0.4 is 0 Å². The molecule has 0 aliphatic rings. The first-order valence-electron chi connectivity index (χ1n) is 6.00. The number of aryl methyl sites for hydroxylation is 1. The summed E-state index contributed by atoms with van der Waals surface area (Å²) < 4.78 is 1.80. The largest absolute Gasteiger partial charge is 0.265 e. The highest BCUT2D eigenvalue weighted by Crippen LogP contribution is 2.33. The molecule has 0 aliphatic carbocycles. The smallest absolute Gasteiger partial charge is 0.235 e. The summed E-state index contributed by atoms with van der Waals surface area (Å²) in [6, 6.07) is 5.92. The quantitative estimate of drug-likeness (QED) is 0.570. The fourth-order valence-electron chi connectivity index (χ4n) is 1.98. The van der Waals surface area contributed by atoms with E-state index in [9.17, 15) is 0 Å². The minimum atomic E-state index is 0.749. The molecule has 4 rings (SSSR count). The van der Waals surface area contributed by atoms with E-state index < -0.39 is 0 Å². The predicted octanol–water partition coefficient (Wildman–Crippen LogP) is 3.28. The van der Waals surface area contributed by atoms with E-state index in [2.05, 4.69) is 38.7 Å². The lowest BCUT2D eigenvalue weighted by Gasteiger charge is -1.95. The van der Waals surface area contributed by atoms with Crippen molar-refractivity contribution in [2.45, 2.75) is 6.92 Å². The van der Waals surface area contributed by atoms with Gasteiger partial charge in [0.05, 0.1) is 4.88 Å². The van der Waals surface area contributed by atoms with Crippen molar-refractivity contribution in [3.8, 4) is 21.3 Å². The number of pyridine rings is 1. The van der Waals surface area contributed by atoms with Crippen LogP contribution in [0, 0.1) is 6.92 Å². The van der Waals surface area contributed by atoms with Crippen LogP contribution in [0.3, 0.4) is 0 Å². The van der Waals surface area contributed by atoms with E-state index in [1.165, 1.54) is 10.4 Å². The summed E-state index contributed by atoms with van der Waals surface area (Å²) in [5, 5.41) is 16.1. The molecule has 0 atom stereocenters. The molecular weight excluding hydrogens is 290 g/mol. The second kappa shape index (κ2) is 4.46. The lowest BCUT2D eigenvalue weighted by molar-refractivity contribution is 0.970. The van der Waals surface area contributed by atoms with Crippen LogP contribution in [0.5, 0.6) is 0 Å². The van der Waals surface area contributed by atoms with Gasteiger partial charge >= 0.3 is 0 Å². The minimum absolute atomic E-state index is 0.749. The summed E-state index contributed by atoms with van der Waals surface area (Å²) in [5.41, 5.74) is 2.21. The Balaban J connectivity index is 1.90.